The topological polar surface area (TPSA) is 40.7 Å². The Balaban J connectivity index is 0.000000222. The van der Waals surface area contributed by atoms with Crippen LogP contribution < -0.4 is 5.32 Å². The van der Waals surface area contributed by atoms with Crippen LogP contribution in [0.15, 0.2) is 103 Å². The molecule has 2 N–H and O–H groups in total. The maximum atomic E-state index is 4.77. The molecule has 3 aromatic carbocycles. The van der Waals surface area contributed by atoms with Crippen molar-refractivity contribution in [3.05, 3.63) is 115 Å². The first-order valence-electron chi connectivity index (χ1n) is 9.80. The van der Waals surface area contributed by atoms with Crippen LogP contribution in [0.2, 0.25) is 0 Å². The molecule has 0 saturated carbocycles. The van der Waals surface area contributed by atoms with E-state index in [0.29, 0.717) is 0 Å². The molecule has 1 aliphatic heterocycles. The van der Waals surface area contributed by atoms with Gasteiger partial charge in [0.15, 0.2) is 0 Å². The van der Waals surface area contributed by atoms with Gasteiger partial charge in [-0.25, -0.2) is 4.98 Å². The Morgan fingerprint density at radius 3 is 2.24 bits per heavy atom. The van der Waals surface area contributed by atoms with E-state index in [-0.39, 0.29) is 0 Å². The summed E-state index contributed by atoms with van der Waals surface area (Å²) in [5.74, 6) is 0.964. The average molecular weight is 375 g/mol. The number of rotatable bonds is 1. The Bertz CT molecular complexity index is 1210. The van der Waals surface area contributed by atoms with Gasteiger partial charge in [0, 0.05) is 18.0 Å². The fourth-order valence-electron chi connectivity index (χ4n) is 3.87. The van der Waals surface area contributed by atoms with Gasteiger partial charge in [-0.1, -0.05) is 66.7 Å². The molecule has 0 atom stereocenters. The molecule has 0 saturated heterocycles. The Hall–Kier alpha value is -3.85. The Morgan fingerprint density at radius 2 is 1.38 bits per heavy atom. The maximum absolute atomic E-state index is 4.77. The van der Waals surface area contributed by atoms with Crippen LogP contribution >= 0.6 is 0 Å². The predicted octanol–water partition coefficient (Wildman–Crippen LogP) is 5.97. The lowest BCUT2D eigenvalue weighted by molar-refractivity contribution is 1.20. The van der Waals surface area contributed by atoms with Gasteiger partial charge in [0.25, 0.3) is 0 Å². The number of fused-ring (bicyclic) bond motifs is 4. The third kappa shape index (κ3) is 3.39. The van der Waals surface area contributed by atoms with Crippen molar-refractivity contribution in [2.45, 2.75) is 6.42 Å². The van der Waals surface area contributed by atoms with E-state index in [1.54, 1.807) is 0 Å². The number of imidazole rings is 1. The highest BCUT2D eigenvalue weighted by Gasteiger charge is 2.22. The molecule has 2 heterocycles. The number of hydrogen-bond acceptors (Lipinski definition) is 2. The van der Waals surface area contributed by atoms with E-state index >= 15 is 0 Å². The van der Waals surface area contributed by atoms with Crippen molar-refractivity contribution in [3.8, 4) is 22.5 Å². The number of nitrogens with one attached hydrogen (secondary N) is 2. The van der Waals surface area contributed by atoms with Crippen molar-refractivity contribution in [2.24, 2.45) is 0 Å². The lowest BCUT2D eigenvalue weighted by atomic mass is 10.0. The largest absolute Gasteiger partial charge is 0.368 e. The van der Waals surface area contributed by atoms with Gasteiger partial charge in [0.05, 0.1) is 11.0 Å². The summed E-state index contributed by atoms with van der Waals surface area (Å²) >= 11 is 0. The first-order chi connectivity index (χ1) is 14.4. The lowest BCUT2D eigenvalue weighted by Gasteiger charge is -2.05. The standard InChI is InChI=1S/C20H14N2.C6H7N/c1-2-7-14-13(6-1)12-17-15(14)8-5-9-16(17)20-21-18-10-3-4-11-19(18)22-20;1-2-4-6-7-5-3-1/h1-11H,12H2,(H,21,22);1-7H. The smallest absolute Gasteiger partial charge is 0.138 e. The third-order valence-corrected chi connectivity index (χ3v) is 5.21. The molecule has 0 radical (unpaired) electrons. The van der Waals surface area contributed by atoms with Gasteiger partial charge in [-0.2, -0.15) is 0 Å². The minimum absolute atomic E-state index is 0.964. The number of nitrogens with zero attached hydrogens (tertiary/aromatic N) is 1. The normalized spacial score (nSPS) is 13.2. The lowest BCUT2D eigenvalue weighted by Crippen LogP contribution is -1.89. The molecule has 0 unspecified atom stereocenters. The van der Waals surface area contributed by atoms with Gasteiger partial charge in [0.2, 0.25) is 0 Å². The molecular formula is C26H21N3. The van der Waals surface area contributed by atoms with Crippen molar-refractivity contribution in [3.63, 3.8) is 0 Å². The van der Waals surface area contributed by atoms with Crippen LogP contribution in [0, 0.1) is 0 Å². The van der Waals surface area contributed by atoms with Crippen LogP contribution in [0.3, 0.4) is 0 Å². The SMILES string of the molecule is C1=CC=CNC=C1.c1ccc2c(c1)Cc1c(-c3nc4ccccc4[nH]3)cccc1-2. The fraction of sp³-hybridized carbons (Fsp3) is 0.0385. The summed E-state index contributed by atoms with van der Waals surface area (Å²) in [5, 5.41) is 2.92. The van der Waals surface area contributed by atoms with Crippen LogP contribution in [-0.4, -0.2) is 9.97 Å². The average Bonchev–Trinajstić information content (AvgIpc) is 3.23. The van der Waals surface area contributed by atoms with E-state index in [1.165, 1.54) is 27.8 Å². The van der Waals surface area contributed by atoms with E-state index in [4.69, 9.17) is 4.98 Å². The monoisotopic (exact) mass is 375 g/mol. The highest BCUT2D eigenvalue weighted by atomic mass is 14.9. The van der Waals surface area contributed by atoms with Crippen LogP contribution in [0.5, 0.6) is 0 Å². The molecule has 140 valence electrons. The zero-order valence-corrected chi connectivity index (χ0v) is 16.0. The van der Waals surface area contributed by atoms with E-state index in [9.17, 15) is 0 Å². The van der Waals surface area contributed by atoms with Gasteiger partial charge in [-0.05, 0) is 53.0 Å². The molecule has 0 bridgehead atoms. The Kier molecular flexibility index (Phi) is 4.55. The maximum Gasteiger partial charge on any atom is 0.138 e. The van der Waals surface area contributed by atoms with Gasteiger partial charge in [-0.15, -0.1) is 0 Å². The summed E-state index contributed by atoms with van der Waals surface area (Å²) in [7, 11) is 0. The van der Waals surface area contributed by atoms with Gasteiger partial charge in [0.1, 0.15) is 5.82 Å². The Morgan fingerprint density at radius 1 is 0.655 bits per heavy atom. The van der Waals surface area contributed by atoms with Crippen molar-refractivity contribution >= 4 is 11.0 Å². The summed E-state index contributed by atoms with van der Waals surface area (Å²) in [4.78, 5) is 8.22. The molecule has 4 aromatic rings. The first kappa shape index (κ1) is 17.3. The number of H-pyrrole nitrogens is 1. The zero-order valence-electron chi connectivity index (χ0n) is 16.0. The molecule has 6 rings (SSSR count). The van der Waals surface area contributed by atoms with Crippen molar-refractivity contribution in [1.29, 1.82) is 0 Å². The molecule has 29 heavy (non-hydrogen) atoms. The van der Waals surface area contributed by atoms with E-state index in [0.717, 1.165) is 23.3 Å². The summed E-state index contributed by atoms with van der Waals surface area (Å²) < 4.78 is 0. The van der Waals surface area contributed by atoms with Crippen LogP contribution in [0.1, 0.15) is 11.1 Å². The molecule has 0 fully saturated rings. The fourth-order valence-corrected chi connectivity index (χ4v) is 3.87. The van der Waals surface area contributed by atoms with Gasteiger partial charge < -0.3 is 10.3 Å². The summed E-state index contributed by atoms with van der Waals surface area (Å²) in [6, 6.07) is 23.4. The van der Waals surface area contributed by atoms with E-state index in [1.807, 2.05) is 54.9 Å². The van der Waals surface area contributed by atoms with Crippen molar-refractivity contribution in [1.82, 2.24) is 15.3 Å². The van der Waals surface area contributed by atoms with Crippen molar-refractivity contribution < 1.29 is 0 Å². The quantitative estimate of drug-likeness (QED) is 0.379. The first-order valence-corrected chi connectivity index (χ1v) is 9.80. The number of aromatic amines is 1. The molecule has 1 aromatic heterocycles. The van der Waals surface area contributed by atoms with Crippen LogP contribution in [0.4, 0.5) is 0 Å². The number of allylic oxidation sites excluding steroid dienone is 4. The molecule has 0 spiro atoms. The summed E-state index contributed by atoms with van der Waals surface area (Å²) in [6.07, 6.45) is 12.6. The summed E-state index contributed by atoms with van der Waals surface area (Å²) in [5.41, 5.74) is 8.80. The zero-order chi connectivity index (χ0) is 19.5. The second kappa shape index (κ2) is 7.64. The molecular weight excluding hydrogens is 354 g/mol. The molecule has 3 nitrogen and oxygen atoms in total. The highest BCUT2D eigenvalue weighted by Crippen LogP contribution is 2.40. The number of para-hydroxylation sites is 2. The number of hydrogen-bond donors (Lipinski definition) is 2. The number of benzene rings is 3. The molecule has 3 heteroatoms. The highest BCUT2D eigenvalue weighted by molar-refractivity contribution is 5.86. The number of aromatic nitrogens is 2. The van der Waals surface area contributed by atoms with E-state index < -0.39 is 0 Å². The van der Waals surface area contributed by atoms with E-state index in [2.05, 4.69) is 58.8 Å². The van der Waals surface area contributed by atoms with Crippen LogP contribution in [-0.2, 0) is 6.42 Å². The molecule has 1 aliphatic carbocycles. The third-order valence-electron chi connectivity index (χ3n) is 5.21. The second-order valence-electron chi connectivity index (χ2n) is 7.04. The summed E-state index contributed by atoms with van der Waals surface area (Å²) in [6.45, 7) is 0. The van der Waals surface area contributed by atoms with Gasteiger partial charge in [-0.3, -0.25) is 0 Å². The minimum atomic E-state index is 0.964. The predicted molar refractivity (Wildman–Crippen MR) is 120 cm³/mol. The molecule has 0 amide bonds. The molecule has 2 aliphatic rings. The Labute approximate surface area is 170 Å². The van der Waals surface area contributed by atoms with Crippen molar-refractivity contribution in [2.75, 3.05) is 0 Å². The minimum Gasteiger partial charge on any atom is -0.368 e. The van der Waals surface area contributed by atoms with Gasteiger partial charge >= 0.3 is 0 Å². The second-order valence-corrected chi connectivity index (χ2v) is 7.04. The van der Waals surface area contributed by atoms with Crippen LogP contribution in [0.25, 0.3) is 33.5 Å².